The first-order valence-electron chi connectivity index (χ1n) is 7.80. The van der Waals surface area contributed by atoms with Crippen LogP contribution in [0.4, 0.5) is 0 Å². The van der Waals surface area contributed by atoms with Gasteiger partial charge in [0.25, 0.3) is 0 Å². The highest BCUT2D eigenvalue weighted by atomic mass is 16.5. The Hall–Kier alpha value is -1.26. The molecule has 1 aromatic rings. The van der Waals surface area contributed by atoms with Gasteiger partial charge in [0.1, 0.15) is 0 Å². The van der Waals surface area contributed by atoms with E-state index in [-0.39, 0.29) is 0 Å². The van der Waals surface area contributed by atoms with E-state index in [1.165, 1.54) is 0 Å². The Morgan fingerprint density at radius 1 is 1.19 bits per heavy atom. The quantitative estimate of drug-likeness (QED) is 0.673. The van der Waals surface area contributed by atoms with Crippen LogP contribution in [0.2, 0.25) is 0 Å². The number of ether oxygens (including phenoxy) is 2. The van der Waals surface area contributed by atoms with Crippen LogP contribution in [0, 0.1) is 0 Å². The smallest absolute Gasteiger partial charge is 0.165 e. The zero-order valence-electron chi connectivity index (χ0n) is 14.1. The first-order chi connectivity index (χ1) is 10.0. The molecular weight excluding hydrogens is 264 g/mol. The third-order valence-electron chi connectivity index (χ3n) is 3.06. The Bertz CT molecular complexity index is 406. The van der Waals surface area contributed by atoms with Gasteiger partial charge in [0.2, 0.25) is 0 Å². The number of nitrogens with one attached hydrogen (secondary N) is 1. The van der Waals surface area contributed by atoms with Gasteiger partial charge in [-0.2, -0.15) is 0 Å². The van der Waals surface area contributed by atoms with Crippen molar-refractivity contribution >= 4 is 0 Å². The predicted octanol–water partition coefficient (Wildman–Crippen LogP) is 2.91. The number of hydrogen-bond acceptors (Lipinski definition) is 4. The van der Waals surface area contributed by atoms with Gasteiger partial charge in [-0.15, -0.1) is 0 Å². The van der Waals surface area contributed by atoms with Crippen LogP contribution >= 0.6 is 0 Å². The highest BCUT2D eigenvalue weighted by Gasteiger charge is 2.11. The van der Waals surface area contributed by atoms with E-state index >= 15 is 0 Å². The first kappa shape index (κ1) is 17.8. The molecular formula is C17H30N2O2. The highest BCUT2D eigenvalue weighted by molar-refractivity contribution is 5.46. The lowest BCUT2D eigenvalue weighted by Crippen LogP contribution is -2.22. The van der Waals surface area contributed by atoms with Crippen LogP contribution in [-0.2, 0) is 6.54 Å². The van der Waals surface area contributed by atoms with Crippen molar-refractivity contribution in [1.29, 1.82) is 0 Å². The zero-order chi connectivity index (χ0) is 15.7. The summed E-state index contributed by atoms with van der Waals surface area (Å²) in [5.41, 5.74) is 1.15. The fourth-order valence-electron chi connectivity index (χ4n) is 2.00. The minimum atomic E-state index is 0.447. The molecule has 0 radical (unpaired) electrons. The third-order valence-corrected chi connectivity index (χ3v) is 3.06. The maximum absolute atomic E-state index is 6.01. The molecule has 0 spiro atoms. The summed E-state index contributed by atoms with van der Waals surface area (Å²) in [5, 5.41) is 3.44. The van der Waals surface area contributed by atoms with Crippen LogP contribution in [0.15, 0.2) is 18.2 Å². The molecule has 0 aromatic heterocycles. The van der Waals surface area contributed by atoms with Crippen molar-refractivity contribution in [2.75, 3.05) is 33.9 Å². The van der Waals surface area contributed by atoms with Crippen molar-refractivity contribution in [3.63, 3.8) is 0 Å². The van der Waals surface area contributed by atoms with E-state index in [2.05, 4.69) is 44.2 Å². The molecule has 0 heterocycles. The van der Waals surface area contributed by atoms with Crippen LogP contribution in [0.3, 0.4) is 0 Å². The average molecular weight is 294 g/mol. The molecule has 1 rings (SSSR count). The summed E-state index contributed by atoms with van der Waals surface area (Å²) in [5.74, 6) is 1.72. The summed E-state index contributed by atoms with van der Waals surface area (Å²) < 4.78 is 11.7. The predicted molar refractivity (Wildman–Crippen MR) is 88.3 cm³/mol. The molecule has 0 amide bonds. The van der Waals surface area contributed by atoms with E-state index in [9.17, 15) is 0 Å². The summed E-state index contributed by atoms with van der Waals surface area (Å²) in [4.78, 5) is 2.17. The molecule has 0 fully saturated rings. The Balaban J connectivity index is 2.73. The second kappa shape index (κ2) is 9.64. The largest absolute Gasteiger partial charge is 0.490 e. The maximum Gasteiger partial charge on any atom is 0.165 e. The standard InChI is InChI=1S/C17H30N2O2/c1-6-20-16-10-7-9-15(13-18-14(2)3)17(16)21-12-8-11-19(4)5/h7,9-10,14,18H,6,8,11-13H2,1-5H3. The van der Waals surface area contributed by atoms with Crippen molar-refractivity contribution in [2.45, 2.75) is 39.8 Å². The van der Waals surface area contributed by atoms with E-state index in [4.69, 9.17) is 9.47 Å². The van der Waals surface area contributed by atoms with E-state index in [1.807, 2.05) is 19.1 Å². The van der Waals surface area contributed by atoms with Gasteiger partial charge in [0, 0.05) is 24.7 Å². The molecule has 0 unspecified atom stereocenters. The Morgan fingerprint density at radius 2 is 1.95 bits per heavy atom. The van der Waals surface area contributed by atoms with E-state index < -0.39 is 0 Å². The summed E-state index contributed by atoms with van der Waals surface area (Å²) in [6, 6.07) is 6.54. The van der Waals surface area contributed by atoms with Gasteiger partial charge < -0.3 is 19.7 Å². The topological polar surface area (TPSA) is 33.7 Å². The van der Waals surface area contributed by atoms with E-state index in [1.54, 1.807) is 0 Å². The molecule has 0 aliphatic rings. The summed E-state index contributed by atoms with van der Waals surface area (Å²) in [6.07, 6.45) is 1.00. The molecule has 0 aliphatic heterocycles. The van der Waals surface area contributed by atoms with Crippen molar-refractivity contribution in [3.05, 3.63) is 23.8 Å². The van der Waals surface area contributed by atoms with Gasteiger partial charge in [-0.3, -0.25) is 0 Å². The Labute approximate surface area is 129 Å². The van der Waals surface area contributed by atoms with Gasteiger partial charge >= 0.3 is 0 Å². The molecule has 4 heteroatoms. The SMILES string of the molecule is CCOc1cccc(CNC(C)C)c1OCCCN(C)C. The maximum atomic E-state index is 6.01. The second-order valence-corrected chi connectivity index (χ2v) is 5.72. The molecule has 21 heavy (non-hydrogen) atoms. The molecule has 1 N–H and O–H groups in total. The van der Waals surface area contributed by atoms with E-state index in [0.29, 0.717) is 19.3 Å². The van der Waals surface area contributed by atoms with Crippen molar-refractivity contribution in [3.8, 4) is 11.5 Å². The molecule has 0 saturated carbocycles. The Kier molecular flexibility index (Phi) is 8.16. The number of hydrogen-bond donors (Lipinski definition) is 1. The second-order valence-electron chi connectivity index (χ2n) is 5.72. The van der Waals surface area contributed by atoms with Gasteiger partial charge in [0.15, 0.2) is 11.5 Å². The van der Waals surface area contributed by atoms with Crippen molar-refractivity contribution in [1.82, 2.24) is 10.2 Å². The molecule has 4 nitrogen and oxygen atoms in total. The van der Waals surface area contributed by atoms with Crippen molar-refractivity contribution < 1.29 is 9.47 Å². The lowest BCUT2D eigenvalue weighted by atomic mass is 10.1. The molecule has 0 saturated heterocycles. The molecule has 0 aliphatic carbocycles. The van der Waals surface area contributed by atoms with Crippen LogP contribution in [0.25, 0.3) is 0 Å². The van der Waals surface area contributed by atoms with Crippen molar-refractivity contribution in [2.24, 2.45) is 0 Å². The average Bonchev–Trinajstić information content (AvgIpc) is 2.43. The van der Waals surface area contributed by atoms with E-state index in [0.717, 1.165) is 36.6 Å². The summed E-state index contributed by atoms with van der Waals surface area (Å²) in [7, 11) is 4.15. The molecule has 0 atom stereocenters. The number of nitrogens with zero attached hydrogens (tertiary/aromatic N) is 1. The molecule has 120 valence electrons. The summed E-state index contributed by atoms with van der Waals surface area (Å²) in [6.45, 7) is 9.45. The number of rotatable bonds is 10. The molecule has 1 aromatic carbocycles. The zero-order valence-corrected chi connectivity index (χ0v) is 14.1. The van der Waals surface area contributed by atoms with Crippen LogP contribution < -0.4 is 14.8 Å². The number of benzene rings is 1. The molecule has 0 bridgehead atoms. The normalized spacial score (nSPS) is 11.2. The minimum absolute atomic E-state index is 0.447. The fraction of sp³-hybridized carbons (Fsp3) is 0.647. The first-order valence-corrected chi connectivity index (χ1v) is 7.80. The van der Waals surface area contributed by atoms with Gasteiger partial charge in [-0.05, 0) is 33.5 Å². The monoisotopic (exact) mass is 294 g/mol. The fourth-order valence-corrected chi connectivity index (χ4v) is 2.00. The minimum Gasteiger partial charge on any atom is -0.490 e. The lowest BCUT2D eigenvalue weighted by molar-refractivity contribution is 0.256. The van der Waals surface area contributed by atoms with Gasteiger partial charge in [-0.25, -0.2) is 0 Å². The van der Waals surface area contributed by atoms with Gasteiger partial charge in [0.05, 0.1) is 13.2 Å². The lowest BCUT2D eigenvalue weighted by Gasteiger charge is -2.18. The van der Waals surface area contributed by atoms with Crippen LogP contribution in [0.5, 0.6) is 11.5 Å². The van der Waals surface area contributed by atoms with Crippen LogP contribution in [-0.4, -0.2) is 44.8 Å². The highest BCUT2D eigenvalue weighted by Crippen LogP contribution is 2.31. The Morgan fingerprint density at radius 3 is 2.57 bits per heavy atom. The van der Waals surface area contributed by atoms with Crippen LogP contribution in [0.1, 0.15) is 32.8 Å². The third kappa shape index (κ3) is 6.82. The van der Waals surface area contributed by atoms with Gasteiger partial charge in [-0.1, -0.05) is 26.0 Å². The summed E-state index contributed by atoms with van der Waals surface area (Å²) >= 11 is 0. The number of para-hydroxylation sites is 1.